The third-order valence-corrected chi connectivity index (χ3v) is 11.6. The average molecular weight is 730 g/mol. The van der Waals surface area contributed by atoms with Crippen LogP contribution in [0.15, 0.2) is 200 Å². The van der Waals surface area contributed by atoms with Crippen molar-refractivity contribution >= 4 is 0 Å². The summed E-state index contributed by atoms with van der Waals surface area (Å²) in [6, 6.07) is 69.4. The van der Waals surface area contributed by atoms with Gasteiger partial charge in [-0.2, -0.15) is 0 Å². The molecule has 0 aliphatic heterocycles. The minimum Gasteiger partial charge on any atom is -0.256 e. The van der Waals surface area contributed by atoms with Gasteiger partial charge in [0.1, 0.15) is 0 Å². The van der Waals surface area contributed by atoms with E-state index in [-0.39, 0.29) is 0 Å². The molecule has 3 heteroatoms. The smallest absolute Gasteiger partial charge is 0.160 e. The van der Waals surface area contributed by atoms with Crippen LogP contribution >= 0.6 is 0 Å². The Kier molecular flexibility index (Phi) is 8.49. The first-order valence-electron chi connectivity index (χ1n) is 19.5. The fourth-order valence-corrected chi connectivity index (χ4v) is 8.67. The lowest BCUT2D eigenvalue weighted by Gasteiger charge is -2.34. The second-order valence-electron chi connectivity index (χ2n) is 14.9. The van der Waals surface area contributed by atoms with Gasteiger partial charge in [0.25, 0.3) is 0 Å². The minimum absolute atomic E-state index is 0.610. The van der Waals surface area contributed by atoms with Crippen molar-refractivity contribution in [3.05, 3.63) is 234 Å². The summed E-state index contributed by atoms with van der Waals surface area (Å²) >= 11 is 0. The number of aromatic nitrogens is 3. The van der Waals surface area contributed by atoms with Gasteiger partial charge in [-0.25, -0.2) is 9.97 Å². The summed E-state index contributed by atoms with van der Waals surface area (Å²) < 4.78 is 0. The van der Waals surface area contributed by atoms with Crippen molar-refractivity contribution in [1.29, 1.82) is 0 Å². The number of nitrogens with zero attached hydrogens (tertiary/aromatic N) is 3. The Hall–Kier alpha value is -7.23. The lowest BCUT2D eigenvalue weighted by molar-refractivity contribution is 0.769. The third-order valence-electron chi connectivity index (χ3n) is 11.6. The first-order chi connectivity index (χ1) is 28.1. The first-order valence-corrected chi connectivity index (χ1v) is 19.5. The maximum atomic E-state index is 5.35. The van der Waals surface area contributed by atoms with E-state index in [0.717, 1.165) is 44.9 Å². The molecular weight excluding hydrogens is 691 g/mol. The number of hydrogen-bond donors (Lipinski definition) is 0. The number of benzene rings is 7. The van der Waals surface area contributed by atoms with Gasteiger partial charge in [0.2, 0.25) is 0 Å². The highest BCUT2D eigenvalue weighted by molar-refractivity contribution is 5.90. The van der Waals surface area contributed by atoms with Crippen LogP contribution in [0.5, 0.6) is 0 Å². The first kappa shape index (κ1) is 34.3. The Balaban J connectivity index is 1.21. The highest BCUT2D eigenvalue weighted by Crippen LogP contribution is 2.57. The molecule has 0 fully saturated rings. The summed E-state index contributed by atoms with van der Waals surface area (Å²) in [5.74, 6) is 0.686. The van der Waals surface area contributed by atoms with Crippen LogP contribution < -0.4 is 0 Å². The molecule has 2 aromatic heterocycles. The van der Waals surface area contributed by atoms with Gasteiger partial charge in [0.15, 0.2) is 5.82 Å². The Morgan fingerprint density at radius 1 is 0.386 bits per heavy atom. The van der Waals surface area contributed by atoms with Gasteiger partial charge in [0.05, 0.1) is 22.5 Å². The SMILES string of the molecule is Cc1ccnc(-c2ccc3c(c2)C(c2ccccc2)(c2ccccc2)c2cc(-c4nc(-c5ccccc5)cc(-c5cccc(-c6ccccc6)c5)n4)ccc2-3)c1C. The van der Waals surface area contributed by atoms with Gasteiger partial charge in [-0.05, 0) is 99.8 Å². The summed E-state index contributed by atoms with van der Waals surface area (Å²) in [5.41, 5.74) is 18.4. The van der Waals surface area contributed by atoms with E-state index in [0.29, 0.717) is 5.82 Å². The Labute approximate surface area is 334 Å². The zero-order valence-electron chi connectivity index (χ0n) is 31.9. The zero-order chi connectivity index (χ0) is 38.3. The summed E-state index contributed by atoms with van der Waals surface area (Å²) in [4.78, 5) is 15.6. The Morgan fingerprint density at radius 3 is 1.53 bits per heavy atom. The molecule has 1 aliphatic carbocycles. The number of pyridine rings is 1. The van der Waals surface area contributed by atoms with E-state index in [9.17, 15) is 0 Å². The number of hydrogen-bond acceptors (Lipinski definition) is 3. The molecule has 7 aromatic carbocycles. The van der Waals surface area contributed by atoms with E-state index in [1.807, 2.05) is 12.3 Å². The molecule has 0 amide bonds. The quantitative estimate of drug-likeness (QED) is 0.164. The van der Waals surface area contributed by atoms with Crippen molar-refractivity contribution in [2.45, 2.75) is 19.3 Å². The molecule has 0 bridgehead atoms. The molecule has 0 N–H and O–H groups in total. The number of aryl methyl sites for hydroxylation is 1. The highest BCUT2D eigenvalue weighted by Gasteiger charge is 2.46. The van der Waals surface area contributed by atoms with Gasteiger partial charge in [-0.15, -0.1) is 0 Å². The van der Waals surface area contributed by atoms with Crippen LogP contribution in [-0.2, 0) is 5.41 Å². The molecule has 270 valence electrons. The molecule has 0 spiro atoms. The van der Waals surface area contributed by atoms with Crippen molar-refractivity contribution in [1.82, 2.24) is 15.0 Å². The van der Waals surface area contributed by atoms with E-state index in [1.165, 1.54) is 50.1 Å². The number of rotatable bonds is 7. The third kappa shape index (κ3) is 5.87. The van der Waals surface area contributed by atoms with Crippen LogP contribution in [-0.4, -0.2) is 15.0 Å². The molecule has 10 rings (SSSR count). The van der Waals surface area contributed by atoms with Crippen molar-refractivity contribution < 1.29 is 0 Å². The molecule has 57 heavy (non-hydrogen) atoms. The maximum absolute atomic E-state index is 5.35. The second-order valence-corrected chi connectivity index (χ2v) is 14.9. The van der Waals surface area contributed by atoms with E-state index in [1.54, 1.807) is 0 Å². The average Bonchev–Trinajstić information content (AvgIpc) is 3.58. The van der Waals surface area contributed by atoms with E-state index < -0.39 is 5.41 Å². The molecule has 0 radical (unpaired) electrons. The monoisotopic (exact) mass is 729 g/mol. The lowest BCUT2D eigenvalue weighted by Crippen LogP contribution is -2.28. The molecule has 1 aliphatic rings. The standard InChI is InChI=1S/C54H39N3/c1-36-30-31-55-52(37(36)2)42-26-28-46-47-29-27-43(34-49(47)54(48(46)33-42,44-22-11-5-12-23-44)45-24-13-6-14-25-45)53-56-50(39-18-9-4-10-19-39)35-51(57-53)41-21-15-20-40(32-41)38-16-7-3-8-17-38/h3-35H,1-2H3. The molecule has 9 aromatic rings. The maximum Gasteiger partial charge on any atom is 0.160 e. The predicted molar refractivity (Wildman–Crippen MR) is 234 cm³/mol. The van der Waals surface area contributed by atoms with Gasteiger partial charge in [0, 0.05) is 28.5 Å². The van der Waals surface area contributed by atoms with E-state index in [2.05, 4.69) is 202 Å². The minimum atomic E-state index is -0.610. The molecule has 2 heterocycles. The normalized spacial score (nSPS) is 12.5. The van der Waals surface area contributed by atoms with Crippen molar-refractivity contribution in [3.63, 3.8) is 0 Å². The second kappa shape index (κ2) is 14.1. The molecule has 0 atom stereocenters. The molecule has 3 nitrogen and oxygen atoms in total. The van der Waals surface area contributed by atoms with Crippen LogP contribution in [0.1, 0.15) is 33.4 Å². The lowest BCUT2D eigenvalue weighted by atomic mass is 9.67. The highest BCUT2D eigenvalue weighted by atomic mass is 14.9. The Bertz CT molecular complexity index is 2860. The van der Waals surface area contributed by atoms with Crippen LogP contribution in [0, 0.1) is 13.8 Å². The predicted octanol–water partition coefficient (Wildman–Crippen LogP) is 13.2. The van der Waals surface area contributed by atoms with Crippen molar-refractivity contribution in [2.75, 3.05) is 0 Å². The molecule has 0 saturated carbocycles. The molecule has 0 unspecified atom stereocenters. The summed E-state index contributed by atoms with van der Waals surface area (Å²) in [5, 5.41) is 0. The molecular formula is C54H39N3. The van der Waals surface area contributed by atoms with Gasteiger partial charge >= 0.3 is 0 Å². The Morgan fingerprint density at radius 2 is 0.895 bits per heavy atom. The van der Waals surface area contributed by atoms with Gasteiger partial charge in [-0.3, -0.25) is 4.98 Å². The van der Waals surface area contributed by atoms with E-state index >= 15 is 0 Å². The summed E-state index contributed by atoms with van der Waals surface area (Å²) in [6.45, 7) is 4.33. The summed E-state index contributed by atoms with van der Waals surface area (Å²) in [7, 11) is 0. The van der Waals surface area contributed by atoms with Gasteiger partial charge in [-0.1, -0.05) is 164 Å². The van der Waals surface area contributed by atoms with E-state index in [4.69, 9.17) is 15.0 Å². The van der Waals surface area contributed by atoms with Crippen LogP contribution in [0.25, 0.3) is 67.4 Å². The zero-order valence-corrected chi connectivity index (χ0v) is 31.9. The fourth-order valence-electron chi connectivity index (χ4n) is 8.67. The number of fused-ring (bicyclic) bond motifs is 3. The van der Waals surface area contributed by atoms with Crippen molar-refractivity contribution in [3.8, 4) is 67.4 Å². The van der Waals surface area contributed by atoms with Crippen LogP contribution in [0.3, 0.4) is 0 Å². The van der Waals surface area contributed by atoms with Gasteiger partial charge < -0.3 is 0 Å². The molecule has 0 saturated heterocycles. The summed E-state index contributed by atoms with van der Waals surface area (Å²) in [6.07, 6.45) is 1.92. The largest absolute Gasteiger partial charge is 0.256 e. The van der Waals surface area contributed by atoms with Crippen LogP contribution in [0.2, 0.25) is 0 Å². The fraction of sp³-hybridized carbons (Fsp3) is 0.0556. The van der Waals surface area contributed by atoms with Crippen molar-refractivity contribution in [2.24, 2.45) is 0 Å². The van der Waals surface area contributed by atoms with Crippen LogP contribution in [0.4, 0.5) is 0 Å². The topological polar surface area (TPSA) is 38.7 Å².